The molecule has 3 atom stereocenters. The van der Waals surface area contributed by atoms with E-state index < -0.39 is 39.4 Å². The first kappa shape index (κ1) is 24.3. The lowest BCUT2D eigenvalue weighted by molar-refractivity contribution is -0.161. The van der Waals surface area contributed by atoms with Crippen molar-refractivity contribution in [2.75, 3.05) is 7.11 Å². The number of carbonyl (C=O) groups excluding carboxylic acids is 2. The molecule has 1 fully saturated rings. The number of hydrogen-bond donors (Lipinski definition) is 1. The van der Waals surface area contributed by atoms with Crippen LogP contribution >= 0.6 is 35.0 Å². The van der Waals surface area contributed by atoms with Crippen LogP contribution in [0, 0.1) is 0 Å². The molecule has 0 aromatic heterocycles. The molecule has 0 saturated carbocycles. The van der Waals surface area contributed by atoms with Crippen molar-refractivity contribution in [1.82, 2.24) is 5.32 Å². The van der Waals surface area contributed by atoms with Crippen molar-refractivity contribution in [3.8, 4) is 0 Å². The number of halogens is 2. The summed E-state index contributed by atoms with van der Waals surface area (Å²) in [5.74, 6) is -0.841. The van der Waals surface area contributed by atoms with Gasteiger partial charge in [-0.25, -0.2) is 9.79 Å². The summed E-state index contributed by atoms with van der Waals surface area (Å²) < 4.78 is 16.0. The minimum Gasteiger partial charge on any atom is -0.459 e. The predicted molar refractivity (Wildman–Crippen MR) is 122 cm³/mol. The van der Waals surface area contributed by atoms with E-state index in [1.807, 2.05) is 34.6 Å². The second-order valence-corrected chi connectivity index (χ2v) is 11.5. The molecule has 31 heavy (non-hydrogen) atoms. The van der Waals surface area contributed by atoms with E-state index in [4.69, 9.17) is 37.4 Å². The summed E-state index contributed by atoms with van der Waals surface area (Å²) in [6.07, 6.45) is 0.240. The van der Waals surface area contributed by atoms with E-state index in [9.17, 15) is 9.59 Å². The molecule has 170 valence electrons. The topological polar surface area (TPSA) is 86.2 Å². The highest BCUT2D eigenvalue weighted by Gasteiger charge is 2.60. The highest BCUT2D eigenvalue weighted by atomic mass is 35.5. The van der Waals surface area contributed by atoms with Crippen LogP contribution in [0.2, 0.25) is 10.0 Å². The lowest BCUT2D eigenvalue weighted by atomic mass is 10.0. The maximum absolute atomic E-state index is 12.9. The summed E-state index contributed by atoms with van der Waals surface area (Å²) in [5.41, 5.74) is -1.47. The van der Waals surface area contributed by atoms with Gasteiger partial charge < -0.3 is 14.2 Å². The second kappa shape index (κ2) is 8.56. The molecular formula is C21H26Cl2N2O5S. The minimum atomic E-state index is -1.62. The van der Waals surface area contributed by atoms with Gasteiger partial charge in [0.25, 0.3) is 5.72 Å². The van der Waals surface area contributed by atoms with Crippen molar-refractivity contribution in [2.24, 2.45) is 4.99 Å². The van der Waals surface area contributed by atoms with Crippen molar-refractivity contribution < 1.29 is 23.8 Å². The minimum absolute atomic E-state index is 0.200. The number of benzene rings is 1. The molecule has 2 aliphatic rings. The van der Waals surface area contributed by atoms with E-state index in [1.54, 1.807) is 18.2 Å². The average molecular weight is 489 g/mol. The average Bonchev–Trinajstić information content (AvgIpc) is 3.13. The summed E-state index contributed by atoms with van der Waals surface area (Å²) >= 11 is 13.4. The van der Waals surface area contributed by atoms with Gasteiger partial charge in [-0.15, -0.1) is 11.8 Å². The number of carbonyl (C=O) groups is 2. The second-order valence-electron chi connectivity index (χ2n) is 8.96. The van der Waals surface area contributed by atoms with Gasteiger partial charge in [-0.3, -0.25) is 10.1 Å². The molecule has 1 aromatic rings. The van der Waals surface area contributed by atoms with Crippen LogP contribution in [0.5, 0.6) is 0 Å². The van der Waals surface area contributed by atoms with Gasteiger partial charge in [0.1, 0.15) is 17.0 Å². The first-order valence-electron chi connectivity index (χ1n) is 9.74. The van der Waals surface area contributed by atoms with Crippen molar-refractivity contribution >= 4 is 52.8 Å². The zero-order chi connectivity index (χ0) is 23.2. The van der Waals surface area contributed by atoms with E-state index in [2.05, 4.69) is 10.3 Å². The molecule has 1 N–H and O–H groups in total. The predicted octanol–water partition coefficient (Wildman–Crippen LogP) is 3.99. The summed E-state index contributed by atoms with van der Waals surface area (Å²) in [4.78, 5) is 30.1. The van der Waals surface area contributed by atoms with Gasteiger partial charge >= 0.3 is 11.9 Å². The van der Waals surface area contributed by atoms with Crippen LogP contribution in [0.1, 0.15) is 40.2 Å². The molecule has 7 nitrogen and oxygen atoms in total. The summed E-state index contributed by atoms with van der Waals surface area (Å²) in [5, 5.41) is 3.37. The third-order valence-electron chi connectivity index (χ3n) is 4.88. The number of thioether (sulfide) groups is 1. The van der Waals surface area contributed by atoms with Crippen LogP contribution in [-0.2, 0) is 30.2 Å². The fourth-order valence-electron chi connectivity index (χ4n) is 3.40. The van der Waals surface area contributed by atoms with E-state index in [0.29, 0.717) is 10.0 Å². The Labute approximate surface area is 196 Å². The van der Waals surface area contributed by atoms with Crippen molar-refractivity contribution in [3.63, 3.8) is 0 Å². The first-order chi connectivity index (χ1) is 14.3. The van der Waals surface area contributed by atoms with Gasteiger partial charge in [-0.05, 0) is 52.3 Å². The third kappa shape index (κ3) is 5.03. The van der Waals surface area contributed by atoms with Gasteiger partial charge in [0, 0.05) is 18.3 Å². The smallest absolute Gasteiger partial charge is 0.371 e. The maximum atomic E-state index is 12.9. The number of aliphatic imine (C=N–C) groups is 1. The summed E-state index contributed by atoms with van der Waals surface area (Å²) in [6, 6.07) is 4.48. The largest absolute Gasteiger partial charge is 0.459 e. The molecule has 3 rings (SSSR count). The molecule has 1 saturated heterocycles. The Morgan fingerprint density at radius 2 is 1.97 bits per heavy atom. The fourth-order valence-corrected chi connectivity index (χ4v) is 5.24. The van der Waals surface area contributed by atoms with Gasteiger partial charge in [0.05, 0.1) is 10.0 Å². The number of rotatable bonds is 5. The van der Waals surface area contributed by atoms with Gasteiger partial charge in [0.15, 0.2) is 0 Å². The quantitative estimate of drug-likeness (QED) is 0.626. The van der Waals surface area contributed by atoms with Crippen molar-refractivity contribution in [1.29, 1.82) is 0 Å². The van der Waals surface area contributed by atoms with Crippen molar-refractivity contribution in [2.45, 2.75) is 68.5 Å². The molecule has 0 radical (unpaired) electrons. The number of nitrogens with one attached hydrogen (secondary N) is 1. The molecule has 0 bridgehead atoms. The standard InChI is InChI=1S/C21H26Cl2N2O5S/c1-19(2,3)30-16(26)15-20(4,5)31-17(24-15)21(28-6)18(27)29-14(25-21)10-11-7-8-12(22)13(23)9-11/h7-9,15,17,24H,10H2,1-6H3. The Kier molecular flexibility index (Phi) is 6.71. The van der Waals surface area contributed by atoms with Crippen LogP contribution in [0.4, 0.5) is 0 Å². The zero-order valence-electron chi connectivity index (χ0n) is 18.2. The molecule has 2 aliphatic heterocycles. The number of esters is 2. The molecule has 0 spiro atoms. The Morgan fingerprint density at radius 1 is 1.29 bits per heavy atom. The molecule has 10 heteroatoms. The molecule has 2 heterocycles. The molecule has 0 aliphatic carbocycles. The SMILES string of the molecule is COC1(C2NC(C(=O)OC(C)(C)C)C(C)(C)S2)N=C(Cc2ccc(Cl)c(Cl)c2)OC1=O. The normalized spacial score (nSPS) is 27.7. The molecule has 0 amide bonds. The Morgan fingerprint density at radius 3 is 2.55 bits per heavy atom. The summed E-state index contributed by atoms with van der Waals surface area (Å²) in [6.45, 7) is 9.23. The number of cyclic esters (lactones) is 1. The highest BCUT2D eigenvalue weighted by molar-refractivity contribution is 8.01. The molecular weight excluding hydrogens is 463 g/mol. The van der Waals surface area contributed by atoms with Crippen LogP contribution in [0.3, 0.4) is 0 Å². The van der Waals surface area contributed by atoms with E-state index >= 15 is 0 Å². The van der Waals surface area contributed by atoms with Gasteiger partial charge in [0.2, 0.25) is 5.90 Å². The van der Waals surface area contributed by atoms with Gasteiger partial charge in [-0.2, -0.15) is 0 Å². The van der Waals surface area contributed by atoms with E-state index in [-0.39, 0.29) is 12.3 Å². The van der Waals surface area contributed by atoms with Crippen LogP contribution in [-0.4, -0.2) is 52.4 Å². The summed E-state index contributed by atoms with van der Waals surface area (Å²) in [7, 11) is 1.39. The fraction of sp³-hybridized carbons (Fsp3) is 0.571. The zero-order valence-corrected chi connectivity index (χ0v) is 20.6. The lowest BCUT2D eigenvalue weighted by Gasteiger charge is -2.27. The van der Waals surface area contributed by atoms with E-state index in [1.165, 1.54) is 18.9 Å². The molecule has 1 aromatic carbocycles. The number of nitrogens with zero attached hydrogens (tertiary/aromatic N) is 1. The van der Waals surface area contributed by atoms with Crippen LogP contribution in [0.25, 0.3) is 0 Å². The van der Waals surface area contributed by atoms with Crippen LogP contribution < -0.4 is 5.32 Å². The lowest BCUT2D eigenvalue weighted by Crippen LogP contribution is -2.54. The number of hydrogen-bond acceptors (Lipinski definition) is 8. The number of methoxy groups -OCH3 is 1. The van der Waals surface area contributed by atoms with Crippen molar-refractivity contribution in [3.05, 3.63) is 33.8 Å². The molecule has 3 unspecified atom stereocenters. The third-order valence-corrected chi connectivity index (χ3v) is 7.15. The monoisotopic (exact) mass is 488 g/mol. The highest BCUT2D eigenvalue weighted by Crippen LogP contribution is 2.45. The Bertz CT molecular complexity index is 931. The first-order valence-corrected chi connectivity index (χ1v) is 11.4. The number of ether oxygens (including phenoxy) is 3. The maximum Gasteiger partial charge on any atom is 0.371 e. The Balaban J connectivity index is 1.84. The van der Waals surface area contributed by atoms with E-state index in [0.717, 1.165) is 5.56 Å². The van der Waals surface area contributed by atoms with Gasteiger partial charge in [-0.1, -0.05) is 29.3 Å². The Hall–Kier alpha value is -1.32. The van der Waals surface area contributed by atoms with Crippen LogP contribution in [0.15, 0.2) is 23.2 Å².